The molecule has 2 aromatic rings. The van der Waals surface area contributed by atoms with Gasteiger partial charge in [-0.25, -0.2) is 0 Å². The average Bonchev–Trinajstić information content (AvgIpc) is 2.95. The molecular weight excluding hydrogens is 284 g/mol. The van der Waals surface area contributed by atoms with Gasteiger partial charge in [-0.05, 0) is 26.8 Å². The minimum absolute atomic E-state index is 0.115. The molecule has 0 fully saturated rings. The Kier molecular flexibility index (Phi) is 3.21. The van der Waals surface area contributed by atoms with Crippen LogP contribution in [0.5, 0.6) is 0 Å². The number of benzene rings is 1. The van der Waals surface area contributed by atoms with E-state index in [-0.39, 0.29) is 10.6 Å². The summed E-state index contributed by atoms with van der Waals surface area (Å²) in [5.74, 6) is 0. The number of para-hydroxylation sites is 1. The zero-order valence-corrected chi connectivity index (χ0v) is 13.0. The largest absolute Gasteiger partial charge is 0.417 e. The third kappa shape index (κ3) is 1.99. The first-order valence-corrected chi connectivity index (χ1v) is 7.04. The number of fused-ring (bicyclic) bond motifs is 1. The quantitative estimate of drug-likeness (QED) is 0.645. The van der Waals surface area contributed by atoms with Crippen LogP contribution < -0.4 is 4.84 Å². The Balaban J connectivity index is 2.22. The van der Waals surface area contributed by atoms with E-state index in [4.69, 9.17) is 9.57 Å². The summed E-state index contributed by atoms with van der Waals surface area (Å²) in [4.78, 5) is 16.5. The minimum Gasteiger partial charge on any atom is -0.417 e. The molecule has 0 saturated carbocycles. The molecule has 6 nitrogen and oxygen atoms in total. The lowest BCUT2D eigenvalue weighted by atomic mass is 9.98. The van der Waals surface area contributed by atoms with E-state index in [1.807, 2.05) is 38.1 Å². The lowest BCUT2D eigenvalue weighted by Crippen LogP contribution is -2.21. The third-order valence-corrected chi connectivity index (χ3v) is 4.33. The molecule has 0 aliphatic carbocycles. The van der Waals surface area contributed by atoms with Crippen molar-refractivity contribution >= 4 is 10.9 Å². The zero-order chi connectivity index (χ0) is 16.1. The van der Waals surface area contributed by atoms with Gasteiger partial charge in [-0.2, -0.15) is 4.73 Å². The number of nitro groups is 1. The molecule has 2 heterocycles. The van der Waals surface area contributed by atoms with Gasteiger partial charge in [-0.1, -0.05) is 18.2 Å². The van der Waals surface area contributed by atoms with E-state index in [9.17, 15) is 10.1 Å². The minimum atomic E-state index is -0.703. The number of hydrogen-bond acceptors (Lipinski definition) is 4. The van der Waals surface area contributed by atoms with E-state index in [2.05, 4.69) is 0 Å². The highest BCUT2D eigenvalue weighted by Crippen LogP contribution is 2.45. The first-order chi connectivity index (χ1) is 10.4. The molecule has 0 bridgehead atoms. The summed E-state index contributed by atoms with van der Waals surface area (Å²) in [7, 11) is 1.56. The van der Waals surface area contributed by atoms with E-state index < -0.39 is 11.7 Å². The SMILES string of the molecule is COn1cc(C2OC(C)(C)C(C)=C2[N+](=O)[O-])c2ccccc21. The molecule has 116 valence electrons. The van der Waals surface area contributed by atoms with Crippen molar-refractivity contribution in [1.82, 2.24) is 4.73 Å². The molecule has 6 heteroatoms. The first kappa shape index (κ1) is 14.6. The van der Waals surface area contributed by atoms with Crippen molar-refractivity contribution in [3.63, 3.8) is 0 Å². The predicted octanol–water partition coefficient (Wildman–Crippen LogP) is 3.10. The van der Waals surface area contributed by atoms with Crippen LogP contribution in [0, 0.1) is 10.1 Å². The average molecular weight is 302 g/mol. The van der Waals surface area contributed by atoms with Crippen molar-refractivity contribution in [2.75, 3.05) is 7.11 Å². The normalized spacial score (nSPS) is 20.6. The van der Waals surface area contributed by atoms with Crippen LogP contribution in [-0.4, -0.2) is 22.4 Å². The molecule has 0 saturated heterocycles. The van der Waals surface area contributed by atoms with Gasteiger partial charge < -0.3 is 9.57 Å². The summed E-state index contributed by atoms with van der Waals surface area (Å²) in [6.45, 7) is 5.45. The van der Waals surface area contributed by atoms with Crippen molar-refractivity contribution in [2.24, 2.45) is 0 Å². The Morgan fingerprint density at radius 3 is 2.68 bits per heavy atom. The van der Waals surface area contributed by atoms with E-state index in [1.54, 1.807) is 25.0 Å². The second-order valence-corrected chi connectivity index (χ2v) is 5.89. The highest BCUT2D eigenvalue weighted by atomic mass is 16.6. The maximum absolute atomic E-state index is 11.5. The van der Waals surface area contributed by atoms with Crippen molar-refractivity contribution in [2.45, 2.75) is 32.5 Å². The van der Waals surface area contributed by atoms with Gasteiger partial charge in [0, 0.05) is 16.5 Å². The Bertz CT molecular complexity index is 789. The first-order valence-electron chi connectivity index (χ1n) is 7.04. The van der Waals surface area contributed by atoms with E-state index in [0.717, 1.165) is 16.5 Å². The number of ether oxygens (including phenoxy) is 1. The van der Waals surface area contributed by atoms with Crippen molar-refractivity contribution in [3.8, 4) is 0 Å². The second-order valence-electron chi connectivity index (χ2n) is 5.89. The topological polar surface area (TPSA) is 66.5 Å². The van der Waals surface area contributed by atoms with Gasteiger partial charge in [0.05, 0.1) is 22.2 Å². The van der Waals surface area contributed by atoms with E-state index >= 15 is 0 Å². The van der Waals surface area contributed by atoms with Gasteiger partial charge in [0.15, 0.2) is 6.10 Å². The number of aromatic nitrogens is 1. The fourth-order valence-corrected chi connectivity index (χ4v) is 2.92. The lowest BCUT2D eigenvalue weighted by Gasteiger charge is -2.20. The van der Waals surface area contributed by atoms with Gasteiger partial charge in [0.1, 0.15) is 7.11 Å². The van der Waals surface area contributed by atoms with E-state index in [1.165, 1.54) is 0 Å². The predicted molar refractivity (Wildman–Crippen MR) is 82.0 cm³/mol. The molecule has 1 aliphatic rings. The summed E-state index contributed by atoms with van der Waals surface area (Å²) in [5, 5.41) is 12.4. The van der Waals surface area contributed by atoms with Crippen LogP contribution >= 0.6 is 0 Å². The molecule has 1 unspecified atom stereocenters. The molecule has 3 rings (SSSR count). The number of nitrogens with zero attached hydrogens (tertiary/aromatic N) is 2. The van der Waals surface area contributed by atoms with Crippen LogP contribution in [0.2, 0.25) is 0 Å². The number of rotatable bonds is 3. The van der Waals surface area contributed by atoms with Crippen molar-refractivity contribution in [1.29, 1.82) is 0 Å². The Hall–Kier alpha value is -2.34. The van der Waals surface area contributed by atoms with Crippen LogP contribution in [-0.2, 0) is 4.74 Å². The summed E-state index contributed by atoms with van der Waals surface area (Å²) < 4.78 is 7.61. The summed E-state index contributed by atoms with van der Waals surface area (Å²) in [6, 6.07) is 7.62. The molecule has 0 N–H and O–H groups in total. The molecule has 0 spiro atoms. The zero-order valence-electron chi connectivity index (χ0n) is 13.0. The molecule has 1 aromatic heterocycles. The molecule has 0 amide bonds. The fourth-order valence-electron chi connectivity index (χ4n) is 2.92. The molecule has 1 aliphatic heterocycles. The monoisotopic (exact) mass is 302 g/mol. The van der Waals surface area contributed by atoms with Gasteiger partial charge >= 0.3 is 0 Å². The lowest BCUT2D eigenvalue weighted by molar-refractivity contribution is -0.435. The molecule has 1 atom stereocenters. The Morgan fingerprint density at radius 1 is 1.36 bits per heavy atom. The standard InChI is InChI=1S/C16H18N2O4/c1-10-14(18(19)20)15(22-16(10,2)3)12-9-17(21-4)13-8-6-5-7-11(12)13/h5-9,15H,1-4H3. The highest BCUT2D eigenvalue weighted by molar-refractivity contribution is 5.84. The summed E-state index contributed by atoms with van der Waals surface area (Å²) in [5.41, 5.74) is 1.70. The van der Waals surface area contributed by atoms with Crippen LogP contribution in [0.25, 0.3) is 10.9 Å². The van der Waals surface area contributed by atoms with Gasteiger partial charge in [0.25, 0.3) is 5.70 Å². The molecule has 0 radical (unpaired) electrons. The van der Waals surface area contributed by atoms with Gasteiger partial charge in [-0.15, -0.1) is 0 Å². The highest BCUT2D eigenvalue weighted by Gasteiger charge is 2.46. The van der Waals surface area contributed by atoms with Crippen molar-refractivity contribution < 1.29 is 14.5 Å². The van der Waals surface area contributed by atoms with Crippen LogP contribution in [0.4, 0.5) is 0 Å². The molecule has 1 aromatic carbocycles. The number of hydrogen-bond donors (Lipinski definition) is 0. The summed E-state index contributed by atoms with van der Waals surface area (Å²) in [6.07, 6.45) is 1.05. The smallest absolute Gasteiger partial charge is 0.281 e. The summed E-state index contributed by atoms with van der Waals surface area (Å²) >= 11 is 0. The van der Waals surface area contributed by atoms with Crippen LogP contribution in [0.1, 0.15) is 32.4 Å². The Morgan fingerprint density at radius 2 is 2.05 bits per heavy atom. The second kappa shape index (κ2) is 4.84. The van der Waals surface area contributed by atoms with Crippen molar-refractivity contribution in [3.05, 3.63) is 57.4 Å². The molecule has 22 heavy (non-hydrogen) atoms. The van der Waals surface area contributed by atoms with Gasteiger partial charge in [0.2, 0.25) is 0 Å². The maximum Gasteiger partial charge on any atom is 0.281 e. The third-order valence-electron chi connectivity index (χ3n) is 4.33. The van der Waals surface area contributed by atoms with Crippen LogP contribution in [0.3, 0.4) is 0 Å². The van der Waals surface area contributed by atoms with Crippen LogP contribution in [0.15, 0.2) is 41.7 Å². The van der Waals surface area contributed by atoms with Gasteiger partial charge in [-0.3, -0.25) is 10.1 Å². The molecular formula is C16H18N2O4. The Labute approximate surface area is 128 Å². The van der Waals surface area contributed by atoms with E-state index in [0.29, 0.717) is 5.57 Å². The maximum atomic E-state index is 11.5. The fraction of sp³-hybridized carbons (Fsp3) is 0.375.